The Balaban J connectivity index is 1.39. The highest BCUT2D eigenvalue weighted by Crippen LogP contribution is 2.26. The van der Waals surface area contributed by atoms with Crippen LogP contribution in [0.15, 0.2) is 42.9 Å². The molecule has 0 atom stereocenters. The standard InChI is InChI=1S/C16H17N7O2/c1-25-15-5-3-2-4-14(15)16(24)21-10-13(11-21)22-8-12(19-20-22)9-23-17-6-7-18-23/h2-8,13H,9-11H2,1H3. The first kappa shape index (κ1) is 15.3. The minimum absolute atomic E-state index is 0.0326. The number of carbonyl (C=O) groups excluding carboxylic acids is 1. The Bertz CT molecular complexity index is 868. The Labute approximate surface area is 143 Å². The van der Waals surface area contributed by atoms with Gasteiger partial charge in [-0.25, -0.2) is 4.68 Å². The fraction of sp³-hybridized carbons (Fsp3) is 0.312. The van der Waals surface area contributed by atoms with Crippen molar-refractivity contribution in [2.45, 2.75) is 12.6 Å². The molecule has 25 heavy (non-hydrogen) atoms. The van der Waals surface area contributed by atoms with E-state index in [4.69, 9.17) is 4.74 Å². The Morgan fingerprint density at radius 3 is 2.76 bits per heavy atom. The zero-order valence-corrected chi connectivity index (χ0v) is 13.7. The van der Waals surface area contributed by atoms with Gasteiger partial charge in [-0.2, -0.15) is 15.0 Å². The topological polar surface area (TPSA) is 91.0 Å². The van der Waals surface area contributed by atoms with Crippen molar-refractivity contribution in [1.29, 1.82) is 0 Å². The summed E-state index contributed by atoms with van der Waals surface area (Å²) in [5, 5.41) is 16.4. The second-order valence-corrected chi connectivity index (χ2v) is 5.81. The van der Waals surface area contributed by atoms with Crippen molar-refractivity contribution in [3.05, 3.63) is 54.1 Å². The Morgan fingerprint density at radius 1 is 1.24 bits per heavy atom. The smallest absolute Gasteiger partial charge is 0.257 e. The second kappa shape index (κ2) is 6.34. The van der Waals surface area contributed by atoms with E-state index in [2.05, 4.69) is 20.5 Å². The number of aromatic nitrogens is 6. The lowest BCUT2D eigenvalue weighted by Gasteiger charge is -2.39. The molecule has 0 unspecified atom stereocenters. The van der Waals surface area contributed by atoms with E-state index in [1.807, 2.05) is 18.3 Å². The first-order valence-electron chi connectivity index (χ1n) is 7.91. The van der Waals surface area contributed by atoms with Crippen molar-refractivity contribution in [2.24, 2.45) is 0 Å². The van der Waals surface area contributed by atoms with Crippen molar-refractivity contribution in [1.82, 2.24) is 34.9 Å². The number of nitrogens with zero attached hydrogens (tertiary/aromatic N) is 7. The molecule has 9 nitrogen and oxygen atoms in total. The van der Waals surface area contributed by atoms with Crippen LogP contribution >= 0.6 is 0 Å². The number of hydrogen-bond acceptors (Lipinski definition) is 6. The monoisotopic (exact) mass is 339 g/mol. The van der Waals surface area contributed by atoms with E-state index >= 15 is 0 Å². The minimum Gasteiger partial charge on any atom is -0.496 e. The van der Waals surface area contributed by atoms with Crippen LogP contribution in [0.5, 0.6) is 5.75 Å². The highest BCUT2D eigenvalue weighted by Gasteiger charge is 2.34. The second-order valence-electron chi connectivity index (χ2n) is 5.81. The molecule has 9 heteroatoms. The molecule has 1 amide bonds. The Kier molecular flexibility index (Phi) is 3.88. The summed E-state index contributed by atoms with van der Waals surface area (Å²) in [6.45, 7) is 1.67. The first-order chi connectivity index (χ1) is 12.2. The minimum atomic E-state index is -0.0326. The van der Waals surface area contributed by atoms with Gasteiger partial charge in [0.05, 0.1) is 37.3 Å². The summed E-state index contributed by atoms with van der Waals surface area (Å²) in [5.74, 6) is 0.556. The highest BCUT2D eigenvalue weighted by atomic mass is 16.5. The summed E-state index contributed by atoms with van der Waals surface area (Å²) in [6.07, 6.45) is 5.12. The molecule has 0 N–H and O–H groups in total. The zero-order chi connectivity index (χ0) is 17.2. The summed E-state index contributed by atoms with van der Waals surface area (Å²) in [6, 6.07) is 7.38. The van der Waals surface area contributed by atoms with Crippen LogP contribution in [0.1, 0.15) is 22.1 Å². The summed E-state index contributed by atoms with van der Waals surface area (Å²) >= 11 is 0. The lowest BCUT2D eigenvalue weighted by Crippen LogP contribution is -2.51. The van der Waals surface area contributed by atoms with Crippen LogP contribution < -0.4 is 4.74 Å². The molecule has 0 saturated carbocycles. The number of ether oxygens (including phenoxy) is 1. The van der Waals surface area contributed by atoms with Crippen LogP contribution in [-0.2, 0) is 6.54 Å². The van der Waals surface area contributed by atoms with Gasteiger partial charge in [-0.05, 0) is 12.1 Å². The zero-order valence-electron chi connectivity index (χ0n) is 13.7. The molecule has 1 aromatic carbocycles. The van der Waals surface area contributed by atoms with Crippen LogP contribution in [0.3, 0.4) is 0 Å². The largest absolute Gasteiger partial charge is 0.496 e. The van der Waals surface area contributed by atoms with Gasteiger partial charge in [-0.15, -0.1) is 5.10 Å². The number of benzene rings is 1. The third-order valence-electron chi connectivity index (χ3n) is 4.19. The van der Waals surface area contributed by atoms with Crippen molar-refractivity contribution in [2.75, 3.05) is 20.2 Å². The number of methoxy groups -OCH3 is 1. The lowest BCUT2D eigenvalue weighted by atomic mass is 10.1. The average Bonchev–Trinajstić information content (AvgIpc) is 3.26. The van der Waals surface area contributed by atoms with Gasteiger partial charge >= 0.3 is 0 Å². The number of likely N-dealkylation sites (tertiary alicyclic amines) is 1. The molecular formula is C16H17N7O2. The fourth-order valence-electron chi connectivity index (χ4n) is 2.81. The molecule has 3 aromatic rings. The predicted octanol–water partition coefficient (Wildman–Crippen LogP) is 0.624. The summed E-state index contributed by atoms with van der Waals surface area (Å²) in [5.41, 5.74) is 1.36. The van der Waals surface area contributed by atoms with Gasteiger partial charge in [0, 0.05) is 13.1 Å². The normalized spacial score (nSPS) is 14.4. The number of amides is 1. The third-order valence-corrected chi connectivity index (χ3v) is 4.19. The van der Waals surface area contributed by atoms with Gasteiger partial charge < -0.3 is 9.64 Å². The molecule has 1 fully saturated rings. The molecule has 1 saturated heterocycles. The van der Waals surface area contributed by atoms with Crippen molar-refractivity contribution in [3.63, 3.8) is 0 Å². The van der Waals surface area contributed by atoms with Gasteiger partial charge in [0.1, 0.15) is 18.0 Å². The van der Waals surface area contributed by atoms with E-state index in [-0.39, 0.29) is 11.9 Å². The van der Waals surface area contributed by atoms with Crippen molar-refractivity contribution >= 4 is 5.91 Å². The van der Waals surface area contributed by atoms with Gasteiger partial charge in [0.2, 0.25) is 0 Å². The maximum absolute atomic E-state index is 12.6. The maximum Gasteiger partial charge on any atom is 0.257 e. The summed E-state index contributed by atoms with van der Waals surface area (Å²) in [7, 11) is 1.57. The molecule has 0 radical (unpaired) electrons. The molecule has 3 heterocycles. The van der Waals surface area contributed by atoms with Crippen LogP contribution in [0.4, 0.5) is 0 Å². The molecule has 1 aliphatic heterocycles. The number of para-hydroxylation sites is 1. The van der Waals surface area contributed by atoms with Gasteiger partial charge in [-0.1, -0.05) is 17.3 Å². The highest BCUT2D eigenvalue weighted by molar-refractivity contribution is 5.97. The van der Waals surface area contributed by atoms with Gasteiger partial charge in [-0.3, -0.25) is 4.79 Å². The van der Waals surface area contributed by atoms with E-state index in [1.165, 1.54) is 0 Å². The third kappa shape index (κ3) is 2.95. The number of hydrogen-bond donors (Lipinski definition) is 0. The number of carbonyl (C=O) groups is 1. The fourth-order valence-corrected chi connectivity index (χ4v) is 2.81. The quantitative estimate of drug-likeness (QED) is 0.677. The van der Waals surface area contributed by atoms with E-state index in [1.54, 1.807) is 46.0 Å². The molecule has 4 rings (SSSR count). The van der Waals surface area contributed by atoms with Crippen LogP contribution in [0.2, 0.25) is 0 Å². The van der Waals surface area contributed by atoms with Crippen LogP contribution in [0.25, 0.3) is 0 Å². The molecule has 128 valence electrons. The Hall–Kier alpha value is -3.23. The SMILES string of the molecule is COc1ccccc1C(=O)N1CC(n2cc(Cn3nccn3)nn2)C1. The van der Waals surface area contributed by atoms with Crippen LogP contribution in [-0.4, -0.2) is 61.0 Å². The van der Waals surface area contributed by atoms with E-state index in [9.17, 15) is 4.79 Å². The van der Waals surface area contributed by atoms with Crippen LogP contribution in [0, 0.1) is 0 Å². The summed E-state index contributed by atoms with van der Waals surface area (Å²) < 4.78 is 7.06. The van der Waals surface area contributed by atoms with Crippen molar-refractivity contribution in [3.8, 4) is 5.75 Å². The average molecular weight is 339 g/mol. The molecule has 1 aliphatic rings. The van der Waals surface area contributed by atoms with Crippen molar-refractivity contribution < 1.29 is 9.53 Å². The molecular weight excluding hydrogens is 322 g/mol. The molecule has 0 aliphatic carbocycles. The molecule has 2 aromatic heterocycles. The molecule has 0 spiro atoms. The van der Waals surface area contributed by atoms with Gasteiger partial charge in [0.15, 0.2) is 0 Å². The Morgan fingerprint density at radius 2 is 2.00 bits per heavy atom. The number of rotatable bonds is 5. The maximum atomic E-state index is 12.6. The van der Waals surface area contributed by atoms with E-state index in [0.29, 0.717) is 30.9 Å². The van der Waals surface area contributed by atoms with Gasteiger partial charge in [0.25, 0.3) is 5.91 Å². The molecule has 0 bridgehead atoms. The van der Waals surface area contributed by atoms with E-state index in [0.717, 1.165) is 5.69 Å². The predicted molar refractivity (Wildman–Crippen MR) is 87.1 cm³/mol. The summed E-state index contributed by atoms with van der Waals surface area (Å²) in [4.78, 5) is 15.9. The lowest BCUT2D eigenvalue weighted by molar-refractivity contribution is 0.0495. The first-order valence-corrected chi connectivity index (χ1v) is 7.91. The van der Waals surface area contributed by atoms with E-state index < -0.39 is 0 Å².